The Bertz CT molecular complexity index is 463. The van der Waals surface area contributed by atoms with Crippen LogP contribution in [0.15, 0.2) is 41.5 Å². The lowest BCUT2D eigenvalue weighted by atomic mass is 10.1. The molecule has 0 radical (unpaired) electrons. The third kappa shape index (κ3) is 1.24. The standard InChI is InChI=1S/C10H9N3/c11-9-5-7-3-1-2-4-8(7)6-10(9)13-12/h1-6,12H,11H2. The number of nitrogens with two attached hydrogens (primary N) is 1. The minimum absolute atomic E-state index is 0.527. The summed E-state index contributed by atoms with van der Waals surface area (Å²) in [6.07, 6.45) is 0. The molecule has 2 aromatic rings. The second kappa shape index (κ2) is 2.86. The fourth-order valence-electron chi connectivity index (χ4n) is 1.34. The van der Waals surface area contributed by atoms with E-state index in [4.69, 9.17) is 11.3 Å². The Morgan fingerprint density at radius 1 is 1.08 bits per heavy atom. The van der Waals surface area contributed by atoms with Gasteiger partial charge in [0.1, 0.15) is 5.69 Å². The number of hydrogen-bond donors (Lipinski definition) is 2. The van der Waals surface area contributed by atoms with E-state index in [1.807, 2.05) is 36.4 Å². The second-order valence-electron chi connectivity index (χ2n) is 2.87. The lowest BCUT2D eigenvalue weighted by Crippen LogP contribution is -1.85. The zero-order valence-corrected chi connectivity index (χ0v) is 6.99. The van der Waals surface area contributed by atoms with Gasteiger partial charge in [-0.25, -0.2) is 5.53 Å². The molecular formula is C10H9N3. The third-order valence-electron chi connectivity index (χ3n) is 2.02. The maximum Gasteiger partial charge on any atom is 0.108 e. The molecule has 0 unspecified atom stereocenters. The Labute approximate surface area is 75.7 Å². The second-order valence-corrected chi connectivity index (χ2v) is 2.87. The fourth-order valence-corrected chi connectivity index (χ4v) is 1.34. The summed E-state index contributed by atoms with van der Waals surface area (Å²) in [4.78, 5) is 0. The highest BCUT2D eigenvalue weighted by molar-refractivity contribution is 5.90. The van der Waals surface area contributed by atoms with Crippen molar-refractivity contribution in [2.24, 2.45) is 5.11 Å². The summed E-state index contributed by atoms with van der Waals surface area (Å²) in [6.45, 7) is 0. The molecule has 64 valence electrons. The van der Waals surface area contributed by atoms with Crippen LogP contribution in [0.25, 0.3) is 10.8 Å². The molecule has 0 aliphatic heterocycles. The largest absolute Gasteiger partial charge is 0.397 e. The quantitative estimate of drug-likeness (QED) is 0.502. The van der Waals surface area contributed by atoms with E-state index in [0.717, 1.165) is 10.8 Å². The summed E-state index contributed by atoms with van der Waals surface area (Å²) in [5.41, 5.74) is 13.7. The number of nitrogens with zero attached hydrogens (tertiary/aromatic N) is 1. The number of anilines is 1. The van der Waals surface area contributed by atoms with E-state index < -0.39 is 0 Å². The van der Waals surface area contributed by atoms with Crippen molar-refractivity contribution < 1.29 is 0 Å². The zero-order chi connectivity index (χ0) is 9.26. The molecule has 0 bridgehead atoms. The lowest BCUT2D eigenvalue weighted by Gasteiger charge is -2.01. The van der Waals surface area contributed by atoms with Gasteiger partial charge >= 0.3 is 0 Å². The van der Waals surface area contributed by atoms with Gasteiger partial charge < -0.3 is 5.73 Å². The topological polar surface area (TPSA) is 62.2 Å². The summed E-state index contributed by atoms with van der Waals surface area (Å²) in [5.74, 6) is 0. The predicted molar refractivity (Wildman–Crippen MR) is 53.2 cm³/mol. The van der Waals surface area contributed by atoms with Crippen LogP contribution in [0.5, 0.6) is 0 Å². The van der Waals surface area contributed by atoms with Crippen molar-refractivity contribution in [3.63, 3.8) is 0 Å². The first-order valence-electron chi connectivity index (χ1n) is 3.97. The zero-order valence-electron chi connectivity index (χ0n) is 6.99. The van der Waals surface area contributed by atoms with E-state index >= 15 is 0 Å². The van der Waals surface area contributed by atoms with E-state index in [2.05, 4.69) is 5.11 Å². The lowest BCUT2D eigenvalue weighted by molar-refractivity contribution is 1.15. The number of nitrogen functional groups attached to an aromatic ring is 1. The van der Waals surface area contributed by atoms with Gasteiger partial charge in [0.05, 0.1) is 5.69 Å². The maximum atomic E-state index is 6.90. The van der Waals surface area contributed by atoms with Crippen molar-refractivity contribution in [1.29, 1.82) is 5.53 Å². The van der Waals surface area contributed by atoms with Crippen molar-refractivity contribution in [2.45, 2.75) is 0 Å². The number of fused-ring (bicyclic) bond motifs is 1. The van der Waals surface area contributed by atoms with Crippen LogP contribution in [0.4, 0.5) is 11.4 Å². The van der Waals surface area contributed by atoms with Crippen LogP contribution >= 0.6 is 0 Å². The molecule has 0 aromatic heterocycles. The average Bonchev–Trinajstić information content (AvgIpc) is 2.17. The highest BCUT2D eigenvalue weighted by Crippen LogP contribution is 2.27. The smallest absolute Gasteiger partial charge is 0.108 e. The first-order chi connectivity index (χ1) is 6.31. The third-order valence-corrected chi connectivity index (χ3v) is 2.02. The van der Waals surface area contributed by atoms with Gasteiger partial charge in [-0.1, -0.05) is 24.3 Å². The Morgan fingerprint density at radius 2 is 1.69 bits per heavy atom. The van der Waals surface area contributed by atoms with Crippen LogP contribution in [0.2, 0.25) is 0 Å². The predicted octanol–water partition coefficient (Wildman–Crippen LogP) is 3.08. The molecule has 0 aliphatic rings. The highest BCUT2D eigenvalue weighted by atomic mass is 15.0. The first kappa shape index (κ1) is 7.73. The van der Waals surface area contributed by atoms with Crippen LogP contribution in [-0.4, -0.2) is 0 Å². The van der Waals surface area contributed by atoms with E-state index in [0.29, 0.717) is 11.4 Å². The molecule has 0 saturated carbocycles. The molecule has 0 saturated heterocycles. The van der Waals surface area contributed by atoms with Gasteiger partial charge in [0.2, 0.25) is 0 Å². The molecule has 0 spiro atoms. The summed E-state index contributed by atoms with van der Waals surface area (Å²) in [6, 6.07) is 11.5. The van der Waals surface area contributed by atoms with Crippen molar-refractivity contribution in [3.8, 4) is 0 Å². The number of nitrogens with one attached hydrogen (secondary N) is 1. The molecule has 2 aromatic carbocycles. The maximum absolute atomic E-state index is 6.90. The summed E-state index contributed by atoms with van der Waals surface area (Å²) in [5, 5.41) is 5.48. The normalized spacial score (nSPS) is 10.2. The van der Waals surface area contributed by atoms with E-state index in [1.165, 1.54) is 0 Å². The van der Waals surface area contributed by atoms with Crippen molar-refractivity contribution in [1.82, 2.24) is 0 Å². The van der Waals surface area contributed by atoms with Crippen LogP contribution in [0.1, 0.15) is 0 Å². The molecular weight excluding hydrogens is 162 g/mol. The van der Waals surface area contributed by atoms with Crippen molar-refractivity contribution in [3.05, 3.63) is 36.4 Å². The summed E-state index contributed by atoms with van der Waals surface area (Å²) < 4.78 is 0. The number of benzene rings is 2. The van der Waals surface area contributed by atoms with Gasteiger partial charge in [0, 0.05) is 0 Å². The first-order valence-corrected chi connectivity index (χ1v) is 3.97. The fraction of sp³-hybridized carbons (Fsp3) is 0. The van der Waals surface area contributed by atoms with Gasteiger partial charge in [0.15, 0.2) is 0 Å². The number of rotatable bonds is 1. The van der Waals surface area contributed by atoms with Gasteiger partial charge in [-0.05, 0) is 22.9 Å². The van der Waals surface area contributed by atoms with Crippen LogP contribution in [0.3, 0.4) is 0 Å². The van der Waals surface area contributed by atoms with Gasteiger partial charge in [-0.15, -0.1) is 0 Å². The Morgan fingerprint density at radius 3 is 2.31 bits per heavy atom. The Hall–Kier alpha value is -1.90. The van der Waals surface area contributed by atoms with Gasteiger partial charge in [0.25, 0.3) is 0 Å². The van der Waals surface area contributed by atoms with E-state index in [1.54, 1.807) is 0 Å². The molecule has 3 N–H and O–H groups in total. The van der Waals surface area contributed by atoms with Crippen LogP contribution in [-0.2, 0) is 0 Å². The van der Waals surface area contributed by atoms with Gasteiger partial charge in [-0.3, -0.25) is 0 Å². The molecule has 0 atom stereocenters. The molecule has 3 heteroatoms. The summed E-state index contributed by atoms with van der Waals surface area (Å²) >= 11 is 0. The van der Waals surface area contributed by atoms with Crippen LogP contribution < -0.4 is 5.73 Å². The average molecular weight is 171 g/mol. The molecule has 0 amide bonds. The monoisotopic (exact) mass is 171 g/mol. The van der Waals surface area contributed by atoms with E-state index in [9.17, 15) is 0 Å². The Kier molecular flexibility index (Phi) is 1.70. The van der Waals surface area contributed by atoms with E-state index in [-0.39, 0.29) is 0 Å². The summed E-state index contributed by atoms with van der Waals surface area (Å²) in [7, 11) is 0. The number of hydrogen-bond acceptors (Lipinski definition) is 3. The molecule has 13 heavy (non-hydrogen) atoms. The molecule has 0 fully saturated rings. The van der Waals surface area contributed by atoms with Gasteiger partial charge in [-0.2, -0.15) is 5.11 Å². The SMILES string of the molecule is N=Nc1cc2ccccc2cc1N. The molecule has 2 rings (SSSR count). The Balaban J connectivity index is 2.81. The van der Waals surface area contributed by atoms with Crippen molar-refractivity contribution in [2.75, 3.05) is 5.73 Å². The minimum Gasteiger partial charge on any atom is -0.397 e. The van der Waals surface area contributed by atoms with Crippen molar-refractivity contribution >= 4 is 22.1 Å². The molecule has 0 aliphatic carbocycles. The van der Waals surface area contributed by atoms with Crippen LogP contribution in [0, 0.1) is 5.53 Å². The molecule has 3 nitrogen and oxygen atoms in total. The molecule has 0 heterocycles. The highest BCUT2D eigenvalue weighted by Gasteiger charge is 1.99. The minimum atomic E-state index is 0.527.